The maximum absolute atomic E-state index is 12.6. The molecule has 5 nitrogen and oxygen atoms in total. The molecule has 0 saturated heterocycles. The van der Waals surface area contributed by atoms with E-state index < -0.39 is 0 Å². The summed E-state index contributed by atoms with van der Waals surface area (Å²) in [6.07, 6.45) is 1.91. The first-order valence-electron chi connectivity index (χ1n) is 9.74. The number of benzene rings is 2. The normalized spacial score (nSPS) is 10.5. The van der Waals surface area contributed by atoms with Gasteiger partial charge in [0.2, 0.25) is 11.8 Å². The number of anilines is 2. The number of methoxy groups -OCH3 is 1. The van der Waals surface area contributed by atoms with Crippen molar-refractivity contribution in [2.75, 3.05) is 23.9 Å². The predicted octanol–water partition coefficient (Wildman–Crippen LogP) is 4.51. The van der Waals surface area contributed by atoms with Gasteiger partial charge in [0.25, 0.3) is 0 Å². The molecule has 2 aromatic carbocycles. The van der Waals surface area contributed by atoms with Gasteiger partial charge in [-0.2, -0.15) is 0 Å². The van der Waals surface area contributed by atoms with Crippen LogP contribution in [0.3, 0.4) is 0 Å². The first kappa shape index (κ1) is 21.5. The molecule has 0 fully saturated rings. The van der Waals surface area contributed by atoms with Crippen molar-refractivity contribution in [3.63, 3.8) is 0 Å². The highest BCUT2D eigenvalue weighted by molar-refractivity contribution is 5.96. The monoisotopic (exact) mass is 382 g/mol. The quantitative estimate of drug-likeness (QED) is 0.731. The zero-order valence-electron chi connectivity index (χ0n) is 17.5. The minimum Gasteiger partial charge on any atom is -0.495 e. The Balaban J connectivity index is 2.17. The Bertz CT molecular complexity index is 823. The highest BCUT2D eigenvalue weighted by Gasteiger charge is 2.18. The van der Waals surface area contributed by atoms with E-state index in [0.717, 1.165) is 35.2 Å². The number of nitrogens with zero attached hydrogens (tertiary/aromatic N) is 1. The van der Waals surface area contributed by atoms with E-state index >= 15 is 0 Å². The third-order valence-electron chi connectivity index (χ3n) is 4.83. The second kappa shape index (κ2) is 9.93. The maximum atomic E-state index is 12.6. The van der Waals surface area contributed by atoms with Gasteiger partial charge in [-0.15, -0.1) is 0 Å². The van der Waals surface area contributed by atoms with Crippen molar-refractivity contribution in [2.24, 2.45) is 0 Å². The van der Waals surface area contributed by atoms with E-state index in [-0.39, 0.29) is 24.8 Å². The fourth-order valence-corrected chi connectivity index (χ4v) is 3.28. The molecule has 0 spiro atoms. The van der Waals surface area contributed by atoms with Crippen LogP contribution in [-0.2, 0) is 22.4 Å². The molecule has 0 unspecified atom stereocenters. The van der Waals surface area contributed by atoms with E-state index in [1.807, 2.05) is 43.3 Å². The second-order valence-corrected chi connectivity index (χ2v) is 6.80. The summed E-state index contributed by atoms with van der Waals surface area (Å²) in [4.78, 5) is 26.5. The molecule has 0 radical (unpaired) electrons. The standard InChI is InChI=1S/C23H30N2O3/c1-6-18-9-8-10-19(7-2)23(18)24-22(27)13-14-25(17(4)26)20-15-16(3)11-12-21(20)28-5/h8-12,15H,6-7,13-14H2,1-5H3,(H,24,27). The molecule has 0 aromatic heterocycles. The summed E-state index contributed by atoms with van der Waals surface area (Å²) in [5.74, 6) is 0.388. The number of amides is 2. The molecule has 0 aliphatic rings. The molecule has 2 amide bonds. The summed E-state index contributed by atoms with van der Waals surface area (Å²) in [5, 5.41) is 3.06. The molecule has 0 aliphatic carbocycles. The average molecular weight is 383 g/mol. The van der Waals surface area contributed by atoms with Crippen LogP contribution in [0.5, 0.6) is 5.75 Å². The van der Waals surface area contributed by atoms with E-state index in [9.17, 15) is 9.59 Å². The summed E-state index contributed by atoms with van der Waals surface area (Å²) >= 11 is 0. The van der Waals surface area contributed by atoms with Crippen molar-refractivity contribution in [1.82, 2.24) is 0 Å². The Hall–Kier alpha value is -2.82. The van der Waals surface area contributed by atoms with Crippen LogP contribution in [0, 0.1) is 6.92 Å². The molecule has 0 saturated carbocycles. The third-order valence-corrected chi connectivity index (χ3v) is 4.83. The van der Waals surface area contributed by atoms with Gasteiger partial charge in [-0.05, 0) is 48.6 Å². The smallest absolute Gasteiger partial charge is 0.226 e. The Morgan fingerprint density at radius 1 is 1.07 bits per heavy atom. The minimum absolute atomic E-state index is 0.103. The molecular formula is C23H30N2O3. The van der Waals surface area contributed by atoms with Crippen molar-refractivity contribution in [1.29, 1.82) is 0 Å². The third kappa shape index (κ3) is 5.12. The Kier molecular flexibility index (Phi) is 7.61. The zero-order chi connectivity index (χ0) is 20.7. The Labute approximate surface area is 167 Å². The van der Waals surface area contributed by atoms with Gasteiger partial charge in [-0.3, -0.25) is 9.59 Å². The molecule has 5 heteroatoms. The number of rotatable bonds is 8. The van der Waals surface area contributed by atoms with Crippen LogP contribution in [0.2, 0.25) is 0 Å². The van der Waals surface area contributed by atoms with Gasteiger partial charge < -0.3 is 15.0 Å². The highest BCUT2D eigenvalue weighted by Crippen LogP contribution is 2.30. The van der Waals surface area contributed by atoms with Crippen LogP contribution in [0.1, 0.15) is 43.9 Å². The van der Waals surface area contributed by atoms with Crippen LogP contribution < -0.4 is 15.0 Å². The van der Waals surface area contributed by atoms with E-state index in [4.69, 9.17) is 4.74 Å². The van der Waals surface area contributed by atoms with E-state index in [1.165, 1.54) is 6.92 Å². The first-order chi connectivity index (χ1) is 13.4. The number of nitrogens with one attached hydrogen (secondary N) is 1. The van der Waals surface area contributed by atoms with Crippen molar-refractivity contribution >= 4 is 23.2 Å². The number of carbonyl (C=O) groups is 2. The number of para-hydroxylation sites is 1. The molecular weight excluding hydrogens is 352 g/mol. The maximum Gasteiger partial charge on any atom is 0.226 e. The lowest BCUT2D eigenvalue weighted by Crippen LogP contribution is -2.32. The SMILES string of the molecule is CCc1cccc(CC)c1NC(=O)CCN(C(C)=O)c1cc(C)ccc1OC. The van der Waals surface area contributed by atoms with E-state index in [1.54, 1.807) is 12.0 Å². The van der Waals surface area contributed by atoms with Crippen molar-refractivity contribution < 1.29 is 14.3 Å². The summed E-state index contributed by atoms with van der Waals surface area (Å²) < 4.78 is 5.40. The predicted molar refractivity (Wildman–Crippen MR) is 114 cm³/mol. The number of aryl methyl sites for hydroxylation is 3. The molecule has 0 atom stereocenters. The topological polar surface area (TPSA) is 58.6 Å². The van der Waals surface area contributed by atoms with Crippen LogP contribution in [0.4, 0.5) is 11.4 Å². The van der Waals surface area contributed by atoms with Gasteiger partial charge >= 0.3 is 0 Å². The molecule has 28 heavy (non-hydrogen) atoms. The summed E-state index contributed by atoms with van der Waals surface area (Å²) in [5.41, 5.74) is 4.86. The summed E-state index contributed by atoms with van der Waals surface area (Å²) in [7, 11) is 1.58. The van der Waals surface area contributed by atoms with Gasteiger partial charge in [-0.25, -0.2) is 0 Å². The first-order valence-corrected chi connectivity index (χ1v) is 9.74. The van der Waals surface area contributed by atoms with Crippen molar-refractivity contribution in [3.8, 4) is 5.75 Å². The van der Waals surface area contributed by atoms with E-state index in [2.05, 4.69) is 19.2 Å². The van der Waals surface area contributed by atoms with Crippen LogP contribution in [0.25, 0.3) is 0 Å². The summed E-state index contributed by atoms with van der Waals surface area (Å²) in [6.45, 7) is 7.90. The molecule has 1 N–H and O–H groups in total. The number of carbonyl (C=O) groups excluding carboxylic acids is 2. The Morgan fingerprint density at radius 2 is 1.71 bits per heavy atom. The largest absolute Gasteiger partial charge is 0.495 e. The highest BCUT2D eigenvalue weighted by atomic mass is 16.5. The van der Waals surface area contributed by atoms with Crippen LogP contribution in [0.15, 0.2) is 36.4 Å². The zero-order valence-corrected chi connectivity index (χ0v) is 17.5. The number of hydrogen-bond acceptors (Lipinski definition) is 3. The molecule has 2 rings (SSSR count). The lowest BCUT2D eigenvalue weighted by molar-refractivity contribution is -0.117. The average Bonchev–Trinajstić information content (AvgIpc) is 2.68. The Morgan fingerprint density at radius 3 is 2.25 bits per heavy atom. The fourth-order valence-electron chi connectivity index (χ4n) is 3.28. The van der Waals surface area contributed by atoms with E-state index in [0.29, 0.717) is 11.4 Å². The van der Waals surface area contributed by atoms with Crippen molar-refractivity contribution in [2.45, 2.75) is 47.0 Å². The van der Waals surface area contributed by atoms with Gasteiger partial charge in [0.1, 0.15) is 5.75 Å². The van der Waals surface area contributed by atoms with Crippen molar-refractivity contribution in [3.05, 3.63) is 53.1 Å². The number of hydrogen-bond donors (Lipinski definition) is 1. The van der Waals surface area contributed by atoms with Gasteiger partial charge in [-0.1, -0.05) is 38.1 Å². The minimum atomic E-state index is -0.125. The number of ether oxygens (including phenoxy) is 1. The second-order valence-electron chi connectivity index (χ2n) is 6.80. The van der Waals surface area contributed by atoms with Gasteiger partial charge in [0.15, 0.2) is 0 Å². The molecule has 0 aliphatic heterocycles. The summed E-state index contributed by atoms with van der Waals surface area (Å²) in [6, 6.07) is 11.8. The van der Waals surface area contributed by atoms with Gasteiger partial charge in [0, 0.05) is 25.6 Å². The lowest BCUT2D eigenvalue weighted by atomic mass is 10.0. The lowest BCUT2D eigenvalue weighted by Gasteiger charge is -2.24. The molecule has 0 heterocycles. The molecule has 0 bridgehead atoms. The van der Waals surface area contributed by atoms with Crippen LogP contribution in [-0.4, -0.2) is 25.5 Å². The fraction of sp³-hybridized carbons (Fsp3) is 0.391. The molecule has 2 aromatic rings. The van der Waals surface area contributed by atoms with Gasteiger partial charge in [0.05, 0.1) is 12.8 Å². The molecule has 150 valence electrons. The van der Waals surface area contributed by atoms with Crippen LogP contribution >= 0.6 is 0 Å².